The molecule has 24 heavy (non-hydrogen) atoms. The lowest BCUT2D eigenvalue weighted by atomic mass is 9.95. The van der Waals surface area contributed by atoms with E-state index in [2.05, 4.69) is 10.2 Å². The summed E-state index contributed by atoms with van der Waals surface area (Å²) in [5, 5.41) is 5.16. The van der Waals surface area contributed by atoms with E-state index in [0.29, 0.717) is 19.0 Å². The average Bonchev–Trinajstić information content (AvgIpc) is 3.17. The van der Waals surface area contributed by atoms with Crippen LogP contribution in [0.5, 0.6) is 0 Å². The van der Waals surface area contributed by atoms with Crippen LogP contribution in [0.25, 0.3) is 0 Å². The van der Waals surface area contributed by atoms with Crippen molar-refractivity contribution in [2.75, 3.05) is 18.1 Å². The Bertz CT molecular complexity index is 637. The molecule has 1 aliphatic carbocycles. The van der Waals surface area contributed by atoms with Crippen LogP contribution in [0.15, 0.2) is 17.5 Å². The Labute approximate surface area is 148 Å². The van der Waals surface area contributed by atoms with E-state index >= 15 is 0 Å². The van der Waals surface area contributed by atoms with E-state index in [1.54, 1.807) is 11.3 Å². The first-order valence-corrected chi connectivity index (χ1v) is 11.5. The van der Waals surface area contributed by atoms with Crippen LogP contribution in [-0.2, 0) is 21.2 Å². The molecule has 1 aromatic rings. The van der Waals surface area contributed by atoms with E-state index in [1.165, 1.54) is 24.1 Å². The summed E-state index contributed by atoms with van der Waals surface area (Å²) in [6, 6.07) is 4.28. The van der Waals surface area contributed by atoms with Crippen molar-refractivity contribution >= 4 is 27.1 Å². The predicted molar refractivity (Wildman–Crippen MR) is 96.8 cm³/mol. The van der Waals surface area contributed by atoms with Gasteiger partial charge in [-0.3, -0.25) is 9.69 Å². The number of hydrogen-bond donors (Lipinski definition) is 1. The second-order valence-corrected chi connectivity index (χ2v) is 10.2. The molecule has 1 aromatic heterocycles. The van der Waals surface area contributed by atoms with Gasteiger partial charge in [0.05, 0.1) is 18.1 Å². The van der Waals surface area contributed by atoms with E-state index in [1.807, 2.05) is 17.5 Å². The number of amides is 1. The van der Waals surface area contributed by atoms with Crippen LogP contribution in [0.2, 0.25) is 0 Å². The number of carbonyl (C=O) groups is 1. The maximum atomic E-state index is 12.5. The zero-order valence-corrected chi connectivity index (χ0v) is 15.6. The van der Waals surface area contributed by atoms with Gasteiger partial charge in [0.2, 0.25) is 5.91 Å². The van der Waals surface area contributed by atoms with E-state index in [4.69, 9.17) is 0 Å². The number of sulfone groups is 1. The smallest absolute Gasteiger partial charge is 0.234 e. The van der Waals surface area contributed by atoms with Crippen LogP contribution in [0.3, 0.4) is 0 Å². The summed E-state index contributed by atoms with van der Waals surface area (Å²) in [6.45, 7) is 0.935. The van der Waals surface area contributed by atoms with Crippen LogP contribution in [0, 0.1) is 0 Å². The Hall–Kier alpha value is -0.920. The number of carbonyl (C=O) groups excluding carboxylic acids is 1. The molecule has 2 heterocycles. The second-order valence-electron chi connectivity index (χ2n) is 6.94. The molecule has 7 heteroatoms. The normalized spacial score (nSPS) is 24.3. The van der Waals surface area contributed by atoms with Crippen LogP contribution in [-0.4, -0.2) is 49.4 Å². The van der Waals surface area contributed by atoms with Gasteiger partial charge in [-0.25, -0.2) is 8.42 Å². The third kappa shape index (κ3) is 5.04. The van der Waals surface area contributed by atoms with Gasteiger partial charge in [-0.05, 0) is 30.7 Å². The first-order chi connectivity index (χ1) is 11.5. The maximum absolute atomic E-state index is 12.5. The van der Waals surface area contributed by atoms with Gasteiger partial charge < -0.3 is 5.32 Å². The third-order valence-electron chi connectivity index (χ3n) is 4.98. The van der Waals surface area contributed by atoms with Crippen molar-refractivity contribution in [1.29, 1.82) is 0 Å². The highest BCUT2D eigenvalue weighted by Gasteiger charge is 2.33. The molecule has 0 spiro atoms. The average molecular weight is 371 g/mol. The first-order valence-electron chi connectivity index (χ1n) is 8.78. The summed E-state index contributed by atoms with van der Waals surface area (Å²) in [5.41, 5.74) is 0. The fourth-order valence-electron chi connectivity index (χ4n) is 3.68. The van der Waals surface area contributed by atoms with Crippen molar-refractivity contribution in [3.63, 3.8) is 0 Å². The molecule has 0 aromatic carbocycles. The molecule has 0 bridgehead atoms. The topological polar surface area (TPSA) is 66.5 Å². The van der Waals surface area contributed by atoms with Gasteiger partial charge in [0.25, 0.3) is 0 Å². The summed E-state index contributed by atoms with van der Waals surface area (Å²) in [5.74, 6) is 0.445. The van der Waals surface area contributed by atoms with Gasteiger partial charge >= 0.3 is 0 Å². The van der Waals surface area contributed by atoms with Crippen LogP contribution < -0.4 is 5.32 Å². The third-order valence-corrected chi connectivity index (χ3v) is 7.59. The lowest BCUT2D eigenvalue weighted by Gasteiger charge is -2.29. The first kappa shape index (κ1) is 17.9. The van der Waals surface area contributed by atoms with Crippen molar-refractivity contribution < 1.29 is 13.2 Å². The van der Waals surface area contributed by atoms with Gasteiger partial charge in [0.1, 0.15) is 0 Å². The maximum Gasteiger partial charge on any atom is 0.234 e. The molecule has 1 N–H and O–H groups in total. The molecular formula is C17H26N2O3S2. The molecule has 2 fully saturated rings. The number of nitrogens with one attached hydrogen (secondary N) is 1. The van der Waals surface area contributed by atoms with Gasteiger partial charge in [-0.1, -0.05) is 25.3 Å². The largest absolute Gasteiger partial charge is 0.352 e. The molecule has 5 nitrogen and oxygen atoms in total. The van der Waals surface area contributed by atoms with Gasteiger partial charge in [-0.2, -0.15) is 0 Å². The van der Waals surface area contributed by atoms with Crippen LogP contribution in [0.1, 0.15) is 43.4 Å². The Morgan fingerprint density at radius 2 is 2.04 bits per heavy atom. The zero-order chi connectivity index (χ0) is 17.0. The molecule has 0 radical (unpaired) electrons. The van der Waals surface area contributed by atoms with Gasteiger partial charge in [0, 0.05) is 23.5 Å². The van der Waals surface area contributed by atoms with Crippen molar-refractivity contribution in [1.82, 2.24) is 10.2 Å². The zero-order valence-electron chi connectivity index (χ0n) is 13.9. The van der Waals surface area contributed by atoms with E-state index < -0.39 is 9.84 Å². The highest BCUT2D eigenvalue weighted by molar-refractivity contribution is 7.91. The quantitative estimate of drug-likeness (QED) is 0.833. The fraction of sp³-hybridized carbons (Fsp3) is 0.706. The minimum absolute atomic E-state index is 0.0303. The van der Waals surface area contributed by atoms with Gasteiger partial charge in [0.15, 0.2) is 9.84 Å². The van der Waals surface area contributed by atoms with E-state index in [-0.39, 0.29) is 30.0 Å². The van der Waals surface area contributed by atoms with E-state index in [9.17, 15) is 13.2 Å². The monoisotopic (exact) mass is 370 g/mol. The molecule has 1 saturated carbocycles. The Morgan fingerprint density at radius 3 is 2.67 bits per heavy atom. The van der Waals surface area contributed by atoms with Gasteiger partial charge in [-0.15, -0.1) is 11.3 Å². The van der Waals surface area contributed by atoms with Crippen molar-refractivity contribution in [3.8, 4) is 0 Å². The van der Waals surface area contributed by atoms with E-state index in [0.717, 1.165) is 12.8 Å². The Kier molecular flexibility index (Phi) is 5.94. The molecular weight excluding hydrogens is 344 g/mol. The lowest BCUT2D eigenvalue weighted by Crippen LogP contribution is -2.46. The molecule has 3 rings (SSSR count). The standard InChI is InChI=1S/C17H26N2O3S2/c20-17(18-14-5-2-1-3-6-14)12-19(11-16-7-4-9-23-16)15-8-10-24(21,22)13-15/h4,7,9,14-15H,1-3,5-6,8,10-13H2,(H,18,20)/t15-/m0/s1. The number of rotatable bonds is 6. The molecule has 134 valence electrons. The highest BCUT2D eigenvalue weighted by Crippen LogP contribution is 2.22. The molecule has 1 saturated heterocycles. The lowest BCUT2D eigenvalue weighted by molar-refractivity contribution is -0.123. The molecule has 1 amide bonds. The van der Waals surface area contributed by atoms with Crippen LogP contribution in [0.4, 0.5) is 0 Å². The summed E-state index contributed by atoms with van der Waals surface area (Å²) in [6.07, 6.45) is 6.39. The predicted octanol–water partition coefficient (Wildman–Crippen LogP) is 2.19. The SMILES string of the molecule is O=C(CN(Cc1cccs1)[C@H]1CCS(=O)(=O)C1)NC1CCCCC1. The minimum Gasteiger partial charge on any atom is -0.352 e. The molecule has 1 atom stereocenters. The van der Waals surface area contributed by atoms with Crippen LogP contribution >= 0.6 is 11.3 Å². The highest BCUT2D eigenvalue weighted by atomic mass is 32.2. The molecule has 1 aliphatic heterocycles. The fourth-order valence-corrected chi connectivity index (χ4v) is 6.18. The van der Waals surface area contributed by atoms with Crippen molar-refractivity contribution in [3.05, 3.63) is 22.4 Å². The van der Waals surface area contributed by atoms with Crippen molar-refractivity contribution in [2.24, 2.45) is 0 Å². The molecule has 2 aliphatic rings. The second kappa shape index (κ2) is 7.97. The number of hydrogen-bond acceptors (Lipinski definition) is 5. The summed E-state index contributed by atoms with van der Waals surface area (Å²) >= 11 is 1.65. The number of nitrogens with zero attached hydrogens (tertiary/aromatic N) is 1. The Balaban J connectivity index is 1.61. The van der Waals surface area contributed by atoms with Crippen molar-refractivity contribution in [2.45, 2.75) is 57.2 Å². The summed E-state index contributed by atoms with van der Waals surface area (Å²) in [4.78, 5) is 15.7. The summed E-state index contributed by atoms with van der Waals surface area (Å²) in [7, 11) is -2.95. The molecule has 0 unspecified atom stereocenters. The Morgan fingerprint density at radius 1 is 1.25 bits per heavy atom. The minimum atomic E-state index is -2.95. The summed E-state index contributed by atoms with van der Waals surface area (Å²) < 4.78 is 23.7. The number of thiophene rings is 1.